The molecule has 0 spiro atoms. The molecule has 0 unspecified atom stereocenters. The second-order valence-corrected chi connectivity index (χ2v) is 7.19. The smallest absolute Gasteiger partial charge is 0.416 e. The average Bonchev–Trinajstić information content (AvgIpc) is 2.83. The molecule has 0 amide bonds. The van der Waals surface area contributed by atoms with Crippen molar-refractivity contribution in [2.45, 2.75) is 6.18 Å². The molecule has 2 aromatic heterocycles. The summed E-state index contributed by atoms with van der Waals surface area (Å²) in [5.41, 5.74) is 2.94. The van der Waals surface area contributed by atoms with Gasteiger partial charge in [0, 0.05) is 5.56 Å². The number of halogens is 3. The summed E-state index contributed by atoms with van der Waals surface area (Å²) in [4.78, 5) is 35.9. The quantitative estimate of drug-likeness (QED) is 0.437. The van der Waals surface area contributed by atoms with Crippen LogP contribution in [0.2, 0.25) is 0 Å². The van der Waals surface area contributed by atoms with E-state index in [1.165, 1.54) is 39.5 Å². The summed E-state index contributed by atoms with van der Waals surface area (Å²) in [5, 5.41) is 0. The normalized spacial score (nSPS) is 11.5. The lowest BCUT2D eigenvalue weighted by molar-refractivity contribution is -0.137. The number of anilines is 1. The van der Waals surface area contributed by atoms with Crippen molar-refractivity contribution in [1.82, 2.24) is 19.5 Å². The van der Waals surface area contributed by atoms with Crippen LogP contribution in [0.5, 0.6) is 17.2 Å². The summed E-state index contributed by atoms with van der Waals surface area (Å²) in [7, 11) is 4.25. The van der Waals surface area contributed by atoms with Crippen molar-refractivity contribution in [2.24, 2.45) is 0 Å². The lowest BCUT2D eigenvalue weighted by Gasteiger charge is -2.15. The molecule has 0 aliphatic rings. The van der Waals surface area contributed by atoms with Gasteiger partial charge in [-0.05, 0) is 30.3 Å². The standard InChI is InChI=1S/C22H18F3N5O5/c1-33-13-7-10(8-14(34-2)17(13)35-3)19-27-15-16(20(31)29-19)28-21(32)30(18(15)26)12-6-4-5-11(9-12)22(23,24)25/h4-9H,26H2,1-3H3,(H,27,29,31). The maximum Gasteiger partial charge on any atom is 0.416 e. The first kappa shape index (κ1) is 23.6. The molecule has 2 heterocycles. The van der Waals surface area contributed by atoms with Gasteiger partial charge in [-0.3, -0.25) is 4.79 Å². The molecule has 35 heavy (non-hydrogen) atoms. The number of H-pyrrole nitrogens is 1. The van der Waals surface area contributed by atoms with Gasteiger partial charge in [0.1, 0.15) is 17.2 Å². The molecule has 0 atom stereocenters. The molecule has 0 aliphatic heterocycles. The third-order valence-electron chi connectivity index (χ3n) is 5.15. The van der Waals surface area contributed by atoms with Gasteiger partial charge in [0.25, 0.3) is 5.56 Å². The third-order valence-corrected chi connectivity index (χ3v) is 5.15. The van der Waals surface area contributed by atoms with Gasteiger partial charge < -0.3 is 24.9 Å². The molecule has 4 aromatic rings. The Balaban J connectivity index is 1.98. The minimum Gasteiger partial charge on any atom is -0.493 e. The van der Waals surface area contributed by atoms with E-state index in [1.807, 2.05) is 0 Å². The number of ether oxygens (including phenoxy) is 3. The zero-order valence-electron chi connectivity index (χ0n) is 18.6. The monoisotopic (exact) mass is 489 g/mol. The van der Waals surface area contributed by atoms with Crippen LogP contribution >= 0.6 is 0 Å². The third kappa shape index (κ3) is 4.11. The van der Waals surface area contributed by atoms with Gasteiger partial charge >= 0.3 is 11.9 Å². The van der Waals surface area contributed by atoms with E-state index in [4.69, 9.17) is 19.9 Å². The number of nitrogens with one attached hydrogen (secondary N) is 1. The van der Waals surface area contributed by atoms with E-state index in [1.54, 1.807) is 0 Å². The van der Waals surface area contributed by atoms with Gasteiger partial charge in [0.05, 0.1) is 32.6 Å². The SMILES string of the molecule is COc1cc(-c2nc3c(N)n(-c4cccc(C(F)(F)F)c4)c(=O)nc3c(=O)[nH]2)cc(OC)c1OC. The van der Waals surface area contributed by atoms with Crippen molar-refractivity contribution >= 4 is 16.9 Å². The maximum absolute atomic E-state index is 13.2. The summed E-state index contributed by atoms with van der Waals surface area (Å²) in [5.74, 6) is 0.527. The van der Waals surface area contributed by atoms with E-state index < -0.39 is 23.0 Å². The second kappa shape index (κ2) is 8.66. The van der Waals surface area contributed by atoms with E-state index in [0.717, 1.165) is 22.8 Å². The van der Waals surface area contributed by atoms with Crippen LogP contribution in [0.25, 0.3) is 28.1 Å². The molecule has 13 heteroatoms. The number of aromatic nitrogens is 4. The van der Waals surface area contributed by atoms with Crippen molar-refractivity contribution in [2.75, 3.05) is 27.1 Å². The largest absolute Gasteiger partial charge is 0.493 e. The lowest BCUT2D eigenvalue weighted by Crippen LogP contribution is -2.28. The first-order valence-corrected chi connectivity index (χ1v) is 9.89. The molecule has 0 saturated heterocycles. The number of nitrogen functional groups attached to an aromatic ring is 1. The molecule has 0 saturated carbocycles. The van der Waals surface area contributed by atoms with Gasteiger partial charge in [-0.2, -0.15) is 18.2 Å². The Bertz CT molecular complexity index is 1540. The number of alkyl halides is 3. The zero-order chi connectivity index (χ0) is 25.5. The Morgan fingerprint density at radius 1 is 0.943 bits per heavy atom. The van der Waals surface area contributed by atoms with Crippen LogP contribution in [0.3, 0.4) is 0 Å². The van der Waals surface area contributed by atoms with Crippen molar-refractivity contribution in [3.63, 3.8) is 0 Å². The molecule has 0 bridgehead atoms. The molecule has 0 radical (unpaired) electrons. The Labute approximate surface area is 194 Å². The van der Waals surface area contributed by atoms with Crippen LogP contribution in [-0.4, -0.2) is 40.8 Å². The fourth-order valence-corrected chi connectivity index (χ4v) is 3.53. The van der Waals surface area contributed by atoms with E-state index in [0.29, 0.717) is 11.3 Å². The van der Waals surface area contributed by atoms with Crippen molar-refractivity contribution in [1.29, 1.82) is 0 Å². The van der Waals surface area contributed by atoms with E-state index >= 15 is 0 Å². The lowest BCUT2D eigenvalue weighted by atomic mass is 10.1. The highest BCUT2D eigenvalue weighted by atomic mass is 19.4. The van der Waals surface area contributed by atoms with E-state index in [2.05, 4.69) is 15.0 Å². The molecular formula is C22H18F3N5O5. The fraction of sp³-hybridized carbons (Fsp3) is 0.182. The number of benzene rings is 2. The van der Waals surface area contributed by atoms with Crippen LogP contribution in [-0.2, 0) is 6.18 Å². The number of hydrogen-bond donors (Lipinski definition) is 2. The topological polar surface area (TPSA) is 134 Å². The number of fused-ring (bicyclic) bond motifs is 1. The number of nitrogens with two attached hydrogens (primary N) is 1. The molecule has 4 rings (SSSR count). The highest BCUT2D eigenvalue weighted by molar-refractivity contribution is 5.85. The molecule has 182 valence electrons. The van der Waals surface area contributed by atoms with E-state index in [-0.39, 0.29) is 39.9 Å². The minimum atomic E-state index is -4.65. The predicted octanol–water partition coefficient (Wildman–Crippen LogP) is 2.76. The number of nitrogens with zero attached hydrogens (tertiary/aromatic N) is 3. The molecular weight excluding hydrogens is 471 g/mol. The summed E-state index contributed by atoms with van der Waals surface area (Å²) in [6.45, 7) is 0. The van der Waals surface area contributed by atoms with E-state index in [9.17, 15) is 22.8 Å². The number of rotatable bonds is 5. The van der Waals surface area contributed by atoms with Crippen molar-refractivity contribution in [3.8, 4) is 34.3 Å². The maximum atomic E-state index is 13.2. The highest BCUT2D eigenvalue weighted by Gasteiger charge is 2.31. The van der Waals surface area contributed by atoms with Gasteiger partial charge in [-0.1, -0.05) is 6.07 Å². The second-order valence-electron chi connectivity index (χ2n) is 7.19. The van der Waals surface area contributed by atoms with Gasteiger partial charge in [0.15, 0.2) is 17.0 Å². The first-order valence-electron chi connectivity index (χ1n) is 9.89. The van der Waals surface area contributed by atoms with Crippen LogP contribution in [0.1, 0.15) is 5.56 Å². The Kier molecular flexibility index (Phi) is 5.84. The molecule has 3 N–H and O–H groups in total. The Morgan fingerprint density at radius 3 is 2.17 bits per heavy atom. The number of aromatic amines is 1. The van der Waals surface area contributed by atoms with Gasteiger partial charge in [-0.25, -0.2) is 14.3 Å². The summed E-state index contributed by atoms with van der Waals surface area (Å²) < 4.78 is 56.2. The highest BCUT2D eigenvalue weighted by Crippen LogP contribution is 2.40. The Morgan fingerprint density at radius 2 is 1.60 bits per heavy atom. The fourth-order valence-electron chi connectivity index (χ4n) is 3.53. The number of methoxy groups -OCH3 is 3. The van der Waals surface area contributed by atoms with Gasteiger partial charge in [0.2, 0.25) is 5.75 Å². The van der Waals surface area contributed by atoms with Crippen LogP contribution in [0.4, 0.5) is 19.0 Å². The summed E-state index contributed by atoms with van der Waals surface area (Å²) in [6, 6.07) is 7.04. The van der Waals surface area contributed by atoms with Crippen molar-refractivity contribution < 1.29 is 27.4 Å². The Hall–Kier alpha value is -4.55. The number of hydrogen-bond acceptors (Lipinski definition) is 8. The van der Waals surface area contributed by atoms with Crippen molar-refractivity contribution in [3.05, 3.63) is 62.8 Å². The van der Waals surface area contributed by atoms with Crippen LogP contribution in [0, 0.1) is 0 Å². The van der Waals surface area contributed by atoms with Gasteiger partial charge in [-0.15, -0.1) is 0 Å². The first-order chi connectivity index (χ1) is 16.6. The zero-order valence-corrected chi connectivity index (χ0v) is 18.6. The summed E-state index contributed by atoms with van der Waals surface area (Å²) in [6.07, 6.45) is -4.65. The molecule has 0 fully saturated rings. The predicted molar refractivity (Wildman–Crippen MR) is 120 cm³/mol. The molecule has 10 nitrogen and oxygen atoms in total. The summed E-state index contributed by atoms with van der Waals surface area (Å²) >= 11 is 0. The van der Waals surface area contributed by atoms with Crippen LogP contribution in [0.15, 0.2) is 46.0 Å². The van der Waals surface area contributed by atoms with Crippen LogP contribution < -0.4 is 31.2 Å². The average molecular weight is 489 g/mol. The minimum absolute atomic E-state index is 0.0181. The molecule has 2 aromatic carbocycles. The molecule has 0 aliphatic carbocycles.